The smallest absolute Gasteiger partial charge is 0.265 e. The first-order chi connectivity index (χ1) is 46.2. The van der Waals surface area contributed by atoms with Crippen molar-refractivity contribution in [1.82, 2.24) is 0 Å². The van der Waals surface area contributed by atoms with E-state index >= 15 is 0 Å². The summed E-state index contributed by atoms with van der Waals surface area (Å²) in [4.78, 5) is 4.64. The van der Waals surface area contributed by atoms with Crippen molar-refractivity contribution in [2.24, 2.45) is 0 Å². The highest BCUT2D eigenvalue weighted by molar-refractivity contribution is 7.86. The van der Waals surface area contributed by atoms with Crippen molar-refractivity contribution in [3.05, 3.63) is 197 Å². The SMILES string of the molecule is CC1(C)C(/C=C/C2=C(Cl)C(=C/C=C3\N(CCCS(=O)(=O)O)c4cc5c(cc4C3(C)C)CCC5)CC2)=[N+](CCCS(=O)(=O)O)c2cc3c(cc21)CCC3.CCC1(CC)C(/C=C/C2=C(Cl)C(=C/C=C3\N(C)c4cc5c(cc4C3(CC)CC)OCC5)CCC2)=[N+](C)c2cc3c(cc21)OCC3. The Morgan fingerprint density at radius 1 is 0.515 bits per heavy atom. The van der Waals surface area contributed by atoms with Crippen molar-refractivity contribution in [1.29, 1.82) is 0 Å². The normalized spacial score (nSPS) is 22.4. The Hall–Kier alpha value is -6.26. The first-order valence-corrected chi connectivity index (χ1v) is 39.8. The zero-order chi connectivity index (χ0) is 68.7. The summed E-state index contributed by atoms with van der Waals surface area (Å²) in [5.41, 5.74) is 27.1. The Kier molecular flexibility index (Phi) is 19.0. The van der Waals surface area contributed by atoms with Gasteiger partial charge in [-0.3, -0.25) is 9.11 Å². The zero-order valence-electron chi connectivity index (χ0n) is 58.6. The molecule has 0 atom stereocenters. The predicted molar refractivity (Wildman–Crippen MR) is 397 cm³/mol. The van der Waals surface area contributed by atoms with Gasteiger partial charge in [0.05, 0.1) is 35.5 Å². The average Bonchev–Trinajstić information content (AvgIpc) is 1.61. The van der Waals surface area contributed by atoms with Gasteiger partial charge in [-0.25, -0.2) is 0 Å². The molecule has 0 saturated carbocycles. The molecule has 0 aromatic heterocycles. The van der Waals surface area contributed by atoms with Gasteiger partial charge >= 0.3 is 0 Å². The molecule has 2 N–H and O–H groups in total. The fourth-order valence-corrected chi connectivity index (χ4v) is 19.8. The van der Waals surface area contributed by atoms with Gasteiger partial charge in [-0.2, -0.15) is 26.0 Å². The molecular formula is C81H98Cl2N4O8S2+2. The number of nitrogens with zero attached hydrogens (tertiary/aromatic N) is 4. The topological polar surface area (TPSA) is 140 Å². The molecule has 514 valence electrons. The van der Waals surface area contributed by atoms with Crippen LogP contribution in [0.2, 0.25) is 0 Å². The Labute approximate surface area is 587 Å². The number of likely N-dealkylation sites (N-methyl/N-ethyl adjacent to an activating group) is 1. The van der Waals surface area contributed by atoms with Gasteiger partial charge in [0, 0.05) is 117 Å². The van der Waals surface area contributed by atoms with Gasteiger partial charge in [0.15, 0.2) is 11.4 Å². The molecule has 4 aliphatic carbocycles. The van der Waals surface area contributed by atoms with Crippen molar-refractivity contribution in [3.63, 3.8) is 0 Å². The van der Waals surface area contributed by atoms with E-state index in [1.54, 1.807) is 0 Å². The number of allylic oxidation sites excluding steroid dienone is 16. The molecule has 0 radical (unpaired) electrons. The summed E-state index contributed by atoms with van der Waals surface area (Å²) in [5, 5.41) is 1.65. The average molecular weight is 1390 g/mol. The Balaban J connectivity index is 0.000000177. The summed E-state index contributed by atoms with van der Waals surface area (Å²) in [7, 11) is -3.67. The fraction of sp³-hybridized carbons (Fsp3) is 0.481. The largest absolute Gasteiger partial charge is 0.493 e. The highest BCUT2D eigenvalue weighted by Gasteiger charge is 2.50. The molecule has 0 spiro atoms. The van der Waals surface area contributed by atoms with Crippen LogP contribution in [-0.4, -0.2) is 98.4 Å². The predicted octanol–water partition coefficient (Wildman–Crippen LogP) is 17.6. The molecule has 6 heterocycles. The minimum absolute atomic E-state index is 0.0245. The lowest BCUT2D eigenvalue weighted by atomic mass is 9.72. The fourth-order valence-electron chi connectivity index (χ4n) is 18.2. The van der Waals surface area contributed by atoms with Gasteiger partial charge in [0.25, 0.3) is 20.2 Å². The Bertz CT molecular complexity index is 4510. The lowest BCUT2D eigenvalue weighted by Crippen LogP contribution is -2.32. The minimum Gasteiger partial charge on any atom is -0.493 e. The summed E-state index contributed by atoms with van der Waals surface area (Å²) < 4.78 is 82.0. The first kappa shape index (κ1) is 69.2. The van der Waals surface area contributed by atoms with E-state index in [4.69, 9.17) is 32.7 Å². The number of fused-ring (bicyclic) bond motifs is 8. The molecule has 0 saturated heterocycles. The quantitative estimate of drug-likeness (QED) is 0.0731. The number of hydrogen-bond donors (Lipinski definition) is 2. The van der Waals surface area contributed by atoms with Crippen LogP contribution < -0.4 is 19.3 Å². The number of rotatable bonds is 18. The molecule has 12 nitrogen and oxygen atoms in total. The molecule has 0 amide bonds. The molecule has 4 aromatic rings. The summed E-state index contributed by atoms with van der Waals surface area (Å²) in [6.45, 7) is 20.7. The molecule has 16 heteroatoms. The van der Waals surface area contributed by atoms with Crippen LogP contribution in [0.15, 0.2) is 141 Å². The van der Waals surface area contributed by atoms with Crippen LogP contribution in [0, 0.1) is 0 Å². The van der Waals surface area contributed by atoms with Crippen LogP contribution >= 0.6 is 23.2 Å². The zero-order valence-corrected chi connectivity index (χ0v) is 61.8. The third-order valence-corrected chi connectivity index (χ3v) is 26.3. The lowest BCUT2D eigenvalue weighted by molar-refractivity contribution is -0.437. The van der Waals surface area contributed by atoms with E-state index in [1.807, 2.05) is 0 Å². The van der Waals surface area contributed by atoms with E-state index in [2.05, 4.69) is 186 Å². The molecular weight excluding hydrogens is 1290 g/mol. The highest BCUT2D eigenvalue weighted by Crippen LogP contribution is 2.55. The van der Waals surface area contributed by atoms with Crippen molar-refractivity contribution >= 4 is 77.6 Å². The van der Waals surface area contributed by atoms with Crippen LogP contribution in [0.5, 0.6) is 11.5 Å². The number of hydrogen-bond acceptors (Lipinski definition) is 8. The van der Waals surface area contributed by atoms with E-state index in [-0.39, 0.29) is 33.2 Å². The van der Waals surface area contributed by atoms with Crippen molar-refractivity contribution in [2.45, 2.75) is 199 Å². The number of benzene rings is 4. The standard InChI is InChI=1S/C41H49ClN2O6S2.C40H48ClN2O2/c1-40(2)33-23-29-9-5-11-31(29)25-35(33)43(19-7-21-51(45,46)47)37(40)17-15-27-13-14-28(39(27)42)16-18-38-41(3,4)34-24-30-10-6-12-32(30)26-36(34)44(38)20-8-22-52(48,49)50;1-7-39(8-2)30-24-34-28(18-20-44-34)22-32(30)42(5)36(39)16-14-26-12-11-13-27(38(26)41)15-17-37-40(9-3,10-4)31-25-35-29(19-21-45-35)23-33(31)43(37)6/h15-18,23-26H,5-14,19-22H2,1-4H3,(H-,45,46,47,48,49,50);14-17,22-25H,7-13,18-21H2,1-6H3/q;+1/p+1. The lowest BCUT2D eigenvalue weighted by Gasteiger charge is -2.30. The van der Waals surface area contributed by atoms with Crippen LogP contribution in [-0.2, 0) is 80.4 Å². The van der Waals surface area contributed by atoms with Gasteiger partial charge in [-0.1, -0.05) is 95.1 Å². The second kappa shape index (κ2) is 26.7. The molecule has 0 fully saturated rings. The Morgan fingerprint density at radius 2 is 1.03 bits per heavy atom. The second-order valence-electron chi connectivity index (χ2n) is 29.6. The van der Waals surface area contributed by atoms with Crippen LogP contribution in [0.25, 0.3) is 0 Å². The van der Waals surface area contributed by atoms with Crippen molar-refractivity contribution < 1.29 is 44.6 Å². The molecule has 97 heavy (non-hydrogen) atoms. The molecule has 10 aliphatic rings. The summed E-state index contributed by atoms with van der Waals surface area (Å²) in [6.07, 6.45) is 35.9. The van der Waals surface area contributed by atoms with Crippen molar-refractivity contribution in [3.8, 4) is 11.5 Å². The van der Waals surface area contributed by atoms with Gasteiger partial charge in [-0.15, -0.1) is 0 Å². The van der Waals surface area contributed by atoms with Gasteiger partial charge in [-0.05, 0) is 220 Å². The Morgan fingerprint density at radius 3 is 1.66 bits per heavy atom. The highest BCUT2D eigenvalue weighted by atomic mass is 35.5. The molecule has 4 aromatic carbocycles. The maximum Gasteiger partial charge on any atom is 0.265 e. The van der Waals surface area contributed by atoms with Crippen LogP contribution in [0.3, 0.4) is 0 Å². The number of aryl methyl sites for hydroxylation is 4. The van der Waals surface area contributed by atoms with Gasteiger partial charge in [0.2, 0.25) is 11.4 Å². The minimum atomic E-state index is -4.07. The van der Waals surface area contributed by atoms with Crippen molar-refractivity contribution in [2.75, 3.05) is 61.7 Å². The molecule has 0 unspecified atom stereocenters. The van der Waals surface area contributed by atoms with Crippen LogP contribution in [0.1, 0.15) is 194 Å². The van der Waals surface area contributed by atoms with E-state index in [1.165, 1.54) is 89.6 Å². The third kappa shape index (κ3) is 12.5. The van der Waals surface area contributed by atoms with Gasteiger partial charge < -0.3 is 19.3 Å². The van der Waals surface area contributed by atoms with E-state index in [0.29, 0.717) is 25.9 Å². The summed E-state index contributed by atoms with van der Waals surface area (Å²) >= 11 is 14.4. The monoisotopic (exact) mass is 1390 g/mol. The number of halogens is 2. The van der Waals surface area contributed by atoms with E-state index < -0.39 is 20.2 Å². The summed E-state index contributed by atoms with van der Waals surface area (Å²) in [6, 6.07) is 18.6. The molecule has 0 bridgehead atoms. The maximum atomic E-state index is 11.6. The van der Waals surface area contributed by atoms with Gasteiger partial charge in [0.1, 0.15) is 25.1 Å². The molecule has 6 aliphatic heterocycles. The second-order valence-corrected chi connectivity index (χ2v) is 33.5. The maximum absolute atomic E-state index is 11.6. The molecule has 14 rings (SSSR count). The van der Waals surface area contributed by atoms with E-state index in [0.717, 1.165) is 178 Å². The first-order valence-electron chi connectivity index (χ1n) is 35.8. The number of ether oxygens (including phenoxy) is 2. The summed E-state index contributed by atoms with van der Waals surface area (Å²) in [5.74, 6) is 1.57. The van der Waals surface area contributed by atoms with E-state index in [9.17, 15) is 25.9 Å². The third-order valence-electron chi connectivity index (χ3n) is 23.7. The number of anilines is 2. The van der Waals surface area contributed by atoms with Crippen LogP contribution in [0.4, 0.5) is 22.7 Å².